The molecule has 1 rings (SSSR count). The molecular formula is C14H30N2O. The lowest BCUT2D eigenvalue weighted by Gasteiger charge is -2.36. The lowest BCUT2D eigenvalue weighted by Crippen LogP contribution is -2.47. The molecule has 0 aromatic carbocycles. The number of hydrogen-bond acceptors (Lipinski definition) is 3. The highest BCUT2D eigenvalue weighted by atomic mass is 16.5. The molecule has 1 fully saturated rings. The Morgan fingerprint density at radius 3 is 2.65 bits per heavy atom. The first-order chi connectivity index (χ1) is 8.04. The molecule has 1 N–H and O–H groups in total. The van der Waals surface area contributed by atoms with Gasteiger partial charge in [0.15, 0.2) is 0 Å². The Bertz CT molecular complexity index is 208. The summed E-state index contributed by atoms with van der Waals surface area (Å²) in [6, 6.07) is 0.608. The van der Waals surface area contributed by atoms with E-state index >= 15 is 0 Å². The third-order valence-electron chi connectivity index (χ3n) is 4.17. The summed E-state index contributed by atoms with van der Waals surface area (Å²) in [6.45, 7) is 13.6. The number of ether oxygens (including phenoxy) is 1. The fraction of sp³-hybridized carbons (Fsp3) is 1.00. The van der Waals surface area contributed by atoms with E-state index < -0.39 is 0 Å². The van der Waals surface area contributed by atoms with Crippen LogP contribution < -0.4 is 5.32 Å². The Morgan fingerprint density at radius 1 is 1.35 bits per heavy atom. The van der Waals surface area contributed by atoms with Crippen LogP contribution in [0.3, 0.4) is 0 Å². The monoisotopic (exact) mass is 242 g/mol. The molecule has 0 aromatic heterocycles. The Labute approximate surface area is 107 Å². The van der Waals surface area contributed by atoms with Crippen LogP contribution >= 0.6 is 0 Å². The zero-order valence-electron chi connectivity index (χ0n) is 12.2. The van der Waals surface area contributed by atoms with Crippen LogP contribution in [0.25, 0.3) is 0 Å². The van der Waals surface area contributed by atoms with E-state index in [0.29, 0.717) is 24.0 Å². The van der Waals surface area contributed by atoms with Crippen LogP contribution in [-0.2, 0) is 4.74 Å². The standard InChI is InChI=1S/C14H30N2O/c1-11(2)13(4)15-7-9-16-8-6-12(3)14(10-16)17-5/h11-15H,6-10H2,1-5H3. The summed E-state index contributed by atoms with van der Waals surface area (Å²) in [5.41, 5.74) is 0. The van der Waals surface area contributed by atoms with E-state index in [1.807, 2.05) is 7.11 Å². The van der Waals surface area contributed by atoms with E-state index in [2.05, 4.69) is 37.9 Å². The van der Waals surface area contributed by atoms with Gasteiger partial charge in [-0.25, -0.2) is 0 Å². The molecule has 3 heteroatoms. The smallest absolute Gasteiger partial charge is 0.0724 e. The van der Waals surface area contributed by atoms with Crippen LogP contribution in [0.4, 0.5) is 0 Å². The number of methoxy groups -OCH3 is 1. The van der Waals surface area contributed by atoms with E-state index in [9.17, 15) is 0 Å². The van der Waals surface area contributed by atoms with E-state index in [-0.39, 0.29) is 0 Å². The van der Waals surface area contributed by atoms with Crippen molar-refractivity contribution in [3.8, 4) is 0 Å². The molecule has 17 heavy (non-hydrogen) atoms. The third kappa shape index (κ3) is 4.94. The summed E-state index contributed by atoms with van der Waals surface area (Å²) in [7, 11) is 1.84. The maximum absolute atomic E-state index is 5.54. The molecule has 3 unspecified atom stereocenters. The van der Waals surface area contributed by atoms with Gasteiger partial charge >= 0.3 is 0 Å². The fourth-order valence-corrected chi connectivity index (χ4v) is 2.29. The van der Waals surface area contributed by atoms with Gasteiger partial charge in [-0.1, -0.05) is 20.8 Å². The van der Waals surface area contributed by atoms with Crippen molar-refractivity contribution in [2.24, 2.45) is 11.8 Å². The second-order valence-electron chi connectivity index (χ2n) is 5.83. The molecule has 0 aliphatic carbocycles. The van der Waals surface area contributed by atoms with Gasteiger partial charge in [0.2, 0.25) is 0 Å². The van der Waals surface area contributed by atoms with Crippen molar-refractivity contribution < 1.29 is 4.74 Å². The van der Waals surface area contributed by atoms with Crippen LogP contribution in [0.15, 0.2) is 0 Å². The topological polar surface area (TPSA) is 24.5 Å². The van der Waals surface area contributed by atoms with Crippen LogP contribution in [0.1, 0.15) is 34.1 Å². The number of rotatable bonds is 6. The van der Waals surface area contributed by atoms with Crippen molar-refractivity contribution in [1.29, 1.82) is 0 Å². The molecule has 1 heterocycles. The lowest BCUT2D eigenvalue weighted by molar-refractivity contribution is -0.00463. The summed E-state index contributed by atoms with van der Waals surface area (Å²) in [5.74, 6) is 1.42. The molecule has 3 nitrogen and oxygen atoms in total. The van der Waals surface area contributed by atoms with Crippen molar-refractivity contribution >= 4 is 0 Å². The molecule has 1 saturated heterocycles. The predicted molar refractivity (Wildman–Crippen MR) is 73.3 cm³/mol. The van der Waals surface area contributed by atoms with E-state index in [0.717, 1.165) is 19.6 Å². The first-order valence-corrected chi connectivity index (χ1v) is 7.03. The summed E-state index contributed by atoms with van der Waals surface area (Å²) >= 11 is 0. The Balaban J connectivity index is 2.19. The number of likely N-dealkylation sites (tertiary alicyclic amines) is 1. The molecule has 0 amide bonds. The Hall–Kier alpha value is -0.120. The molecule has 0 spiro atoms. The second-order valence-corrected chi connectivity index (χ2v) is 5.83. The van der Waals surface area contributed by atoms with Crippen molar-refractivity contribution in [2.45, 2.75) is 46.3 Å². The maximum Gasteiger partial charge on any atom is 0.0724 e. The van der Waals surface area contributed by atoms with Crippen molar-refractivity contribution in [2.75, 3.05) is 33.3 Å². The van der Waals surface area contributed by atoms with Crippen LogP contribution in [0.2, 0.25) is 0 Å². The van der Waals surface area contributed by atoms with Crippen molar-refractivity contribution in [1.82, 2.24) is 10.2 Å². The van der Waals surface area contributed by atoms with Gasteiger partial charge in [0.05, 0.1) is 6.10 Å². The molecule has 1 aliphatic heterocycles. The molecule has 0 bridgehead atoms. The second kappa shape index (κ2) is 7.34. The molecule has 0 radical (unpaired) electrons. The minimum absolute atomic E-state index is 0.422. The van der Waals surface area contributed by atoms with Gasteiger partial charge < -0.3 is 10.1 Å². The largest absolute Gasteiger partial charge is 0.380 e. The van der Waals surface area contributed by atoms with Gasteiger partial charge in [-0.3, -0.25) is 4.90 Å². The highest BCUT2D eigenvalue weighted by Gasteiger charge is 2.25. The Kier molecular flexibility index (Phi) is 6.45. The Morgan fingerprint density at radius 2 is 2.06 bits per heavy atom. The normalized spacial score (nSPS) is 28.6. The average molecular weight is 242 g/mol. The van der Waals surface area contributed by atoms with Crippen LogP contribution in [0.5, 0.6) is 0 Å². The molecular weight excluding hydrogens is 212 g/mol. The minimum Gasteiger partial charge on any atom is -0.380 e. The van der Waals surface area contributed by atoms with Gasteiger partial charge in [0, 0.05) is 32.8 Å². The first kappa shape index (κ1) is 14.9. The van der Waals surface area contributed by atoms with E-state index in [4.69, 9.17) is 4.74 Å². The van der Waals surface area contributed by atoms with Crippen LogP contribution in [-0.4, -0.2) is 50.3 Å². The van der Waals surface area contributed by atoms with E-state index in [1.165, 1.54) is 13.0 Å². The quantitative estimate of drug-likeness (QED) is 0.771. The summed E-state index contributed by atoms with van der Waals surface area (Å²) in [5, 5.41) is 3.59. The minimum atomic E-state index is 0.422. The SMILES string of the molecule is COC1CN(CCNC(C)C(C)C)CCC1C. The fourth-order valence-electron chi connectivity index (χ4n) is 2.29. The number of piperidine rings is 1. The van der Waals surface area contributed by atoms with Crippen molar-refractivity contribution in [3.05, 3.63) is 0 Å². The van der Waals surface area contributed by atoms with Gasteiger partial charge in [0.1, 0.15) is 0 Å². The first-order valence-electron chi connectivity index (χ1n) is 7.03. The molecule has 3 atom stereocenters. The van der Waals surface area contributed by atoms with Gasteiger partial charge in [0.25, 0.3) is 0 Å². The molecule has 102 valence electrons. The zero-order valence-corrected chi connectivity index (χ0v) is 12.2. The van der Waals surface area contributed by atoms with E-state index in [1.54, 1.807) is 0 Å². The number of nitrogens with one attached hydrogen (secondary N) is 1. The summed E-state index contributed by atoms with van der Waals surface area (Å²) < 4.78 is 5.54. The lowest BCUT2D eigenvalue weighted by atomic mass is 9.96. The number of hydrogen-bond donors (Lipinski definition) is 1. The van der Waals surface area contributed by atoms with Crippen molar-refractivity contribution in [3.63, 3.8) is 0 Å². The summed E-state index contributed by atoms with van der Waals surface area (Å²) in [4.78, 5) is 2.52. The van der Waals surface area contributed by atoms with Gasteiger partial charge in [-0.05, 0) is 31.7 Å². The molecule has 0 saturated carbocycles. The van der Waals surface area contributed by atoms with Crippen LogP contribution in [0, 0.1) is 11.8 Å². The summed E-state index contributed by atoms with van der Waals surface area (Å²) in [6.07, 6.45) is 1.68. The molecule has 1 aliphatic rings. The highest BCUT2D eigenvalue weighted by molar-refractivity contribution is 4.79. The van der Waals surface area contributed by atoms with Gasteiger partial charge in [-0.15, -0.1) is 0 Å². The third-order valence-corrected chi connectivity index (χ3v) is 4.17. The zero-order chi connectivity index (χ0) is 12.8. The number of nitrogens with zero attached hydrogens (tertiary/aromatic N) is 1. The highest BCUT2D eigenvalue weighted by Crippen LogP contribution is 2.18. The predicted octanol–water partition coefficient (Wildman–Crippen LogP) is 1.98. The van der Waals surface area contributed by atoms with Gasteiger partial charge in [-0.2, -0.15) is 0 Å². The maximum atomic E-state index is 5.54. The average Bonchev–Trinajstić information content (AvgIpc) is 2.31. The molecule has 0 aromatic rings.